The molecule has 0 aliphatic heterocycles. The summed E-state index contributed by atoms with van der Waals surface area (Å²) < 4.78 is 0. The lowest BCUT2D eigenvalue weighted by Crippen LogP contribution is -1.97. The van der Waals surface area contributed by atoms with Crippen LogP contribution in [0.2, 0.25) is 0 Å². The van der Waals surface area contributed by atoms with Gasteiger partial charge in [0.05, 0.1) is 5.56 Å². The number of hydrogen-bond donors (Lipinski definition) is 2. The third-order valence-corrected chi connectivity index (χ3v) is 1.88. The van der Waals surface area contributed by atoms with Crippen LogP contribution >= 0.6 is 0 Å². The monoisotopic (exact) mass is 206 g/mol. The molecule has 0 aliphatic carbocycles. The van der Waals surface area contributed by atoms with E-state index in [4.69, 9.17) is 10.2 Å². The highest BCUT2D eigenvalue weighted by atomic mass is 16.4. The molecule has 1 aromatic carbocycles. The molecule has 0 saturated carbocycles. The molecule has 0 radical (unpaired) electrons. The van der Waals surface area contributed by atoms with E-state index in [-0.39, 0.29) is 11.1 Å². The quantitative estimate of drug-likeness (QED) is 0.740. The van der Waals surface area contributed by atoms with Crippen molar-refractivity contribution in [2.45, 2.75) is 6.92 Å². The summed E-state index contributed by atoms with van der Waals surface area (Å²) >= 11 is 0. The van der Waals surface area contributed by atoms with Gasteiger partial charge >= 0.3 is 11.9 Å². The van der Waals surface area contributed by atoms with E-state index in [2.05, 4.69) is 0 Å². The summed E-state index contributed by atoms with van der Waals surface area (Å²) in [5.74, 6) is -1.99. The van der Waals surface area contributed by atoms with E-state index in [1.807, 2.05) is 0 Å². The van der Waals surface area contributed by atoms with Crippen LogP contribution < -0.4 is 0 Å². The Labute approximate surface area is 86.5 Å². The zero-order valence-corrected chi connectivity index (χ0v) is 8.10. The Bertz CT molecular complexity index is 415. The smallest absolute Gasteiger partial charge is 0.335 e. The zero-order chi connectivity index (χ0) is 11.4. The molecule has 1 aromatic rings. The summed E-state index contributed by atoms with van der Waals surface area (Å²) in [6, 6.07) is 6.00. The molecule has 0 heterocycles. The Morgan fingerprint density at radius 3 is 2.07 bits per heavy atom. The molecule has 0 aliphatic rings. The lowest BCUT2D eigenvalue weighted by Gasteiger charge is -1.97. The number of hydrogen-bond acceptors (Lipinski definition) is 2. The first kappa shape index (κ1) is 11.0. The van der Waals surface area contributed by atoms with Crippen molar-refractivity contribution in [1.82, 2.24) is 0 Å². The van der Waals surface area contributed by atoms with Crippen LogP contribution in [0.15, 0.2) is 29.8 Å². The summed E-state index contributed by atoms with van der Waals surface area (Å²) in [6.07, 6.45) is 1.48. The number of carbonyl (C=O) groups is 2. The summed E-state index contributed by atoms with van der Waals surface area (Å²) in [6.45, 7) is 1.48. The Morgan fingerprint density at radius 1 is 1.13 bits per heavy atom. The second kappa shape index (κ2) is 4.41. The van der Waals surface area contributed by atoms with Crippen LogP contribution in [0.3, 0.4) is 0 Å². The minimum absolute atomic E-state index is 0.181. The van der Waals surface area contributed by atoms with Crippen molar-refractivity contribution in [2.75, 3.05) is 0 Å². The molecule has 0 fully saturated rings. The highest BCUT2D eigenvalue weighted by Crippen LogP contribution is 2.09. The minimum atomic E-state index is -1.000. The molecule has 78 valence electrons. The van der Waals surface area contributed by atoms with Gasteiger partial charge in [0.2, 0.25) is 0 Å². The normalized spacial score (nSPS) is 11.1. The van der Waals surface area contributed by atoms with E-state index in [1.165, 1.54) is 25.1 Å². The SMILES string of the molecule is C/C(=C\c1ccc(C(=O)O)cc1)C(=O)O. The van der Waals surface area contributed by atoms with Gasteiger partial charge in [-0.2, -0.15) is 0 Å². The molecule has 0 aromatic heterocycles. The molecule has 15 heavy (non-hydrogen) atoms. The van der Waals surface area contributed by atoms with Crippen molar-refractivity contribution in [3.63, 3.8) is 0 Å². The van der Waals surface area contributed by atoms with Gasteiger partial charge in [-0.1, -0.05) is 12.1 Å². The molecule has 0 unspecified atom stereocenters. The molecule has 0 bridgehead atoms. The second-order valence-electron chi connectivity index (χ2n) is 3.06. The summed E-state index contributed by atoms with van der Waals surface area (Å²) in [7, 11) is 0. The van der Waals surface area contributed by atoms with Gasteiger partial charge in [-0.3, -0.25) is 0 Å². The maximum atomic E-state index is 10.5. The highest BCUT2D eigenvalue weighted by molar-refractivity contribution is 5.92. The number of carboxylic acids is 2. The molecule has 0 atom stereocenters. The molecule has 0 amide bonds. The van der Waals surface area contributed by atoms with Crippen molar-refractivity contribution < 1.29 is 19.8 Å². The average Bonchev–Trinajstić information content (AvgIpc) is 2.18. The predicted molar refractivity (Wildman–Crippen MR) is 54.7 cm³/mol. The first-order chi connectivity index (χ1) is 7.00. The van der Waals surface area contributed by atoms with E-state index in [1.54, 1.807) is 12.1 Å². The molecular formula is C11H10O4. The van der Waals surface area contributed by atoms with Crippen LogP contribution in [-0.4, -0.2) is 22.2 Å². The summed E-state index contributed by atoms with van der Waals surface area (Å²) in [4.78, 5) is 21.0. The van der Waals surface area contributed by atoms with Gasteiger partial charge in [0.25, 0.3) is 0 Å². The summed E-state index contributed by atoms with van der Waals surface area (Å²) in [5.41, 5.74) is 1.05. The topological polar surface area (TPSA) is 74.6 Å². The number of aromatic carboxylic acids is 1. The lowest BCUT2D eigenvalue weighted by molar-refractivity contribution is -0.132. The van der Waals surface area contributed by atoms with Gasteiger partial charge in [0.15, 0.2) is 0 Å². The van der Waals surface area contributed by atoms with Crippen LogP contribution in [0, 0.1) is 0 Å². The second-order valence-corrected chi connectivity index (χ2v) is 3.06. The van der Waals surface area contributed by atoms with Gasteiger partial charge in [-0.25, -0.2) is 9.59 Å². The van der Waals surface area contributed by atoms with Gasteiger partial charge in [0, 0.05) is 5.57 Å². The fraction of sp³-hybridized carbons (Fsp3) is 0.0909. The fourth-order valence-corrected chi connectivity index (χ4v) is 1.03. The molecule has 0 saturated heterocycles. The van der Waals surface area contributed by atoms with Crippen LogP contribution in [0.25, 0.3) is 6.08 Å². The zero-order valence-electron chi connectivity index (χ0n) is 8.10. The van der Waals surface area contributed by atoms with Crippen molar-refractivity contribution in [2.24, 2.45) is 0 Å². The van der Waals surface area contributed by atoms with Gasteiger partial charge in [0.1, 0.15) is 0 Å². The Balaban J connectivity index is 2.95. The first-order valence-electron chi connectivity index (χ1n) is 4.25. The first-order valence-corrected chi connectivity index (χ1v) is 4.25. The van der Waals surface area contributed by atoms with E-state index < -0.39 is 11.9 Å². The molecule has 4 heteroatoms. The third-order valence-electron chi connectivity index (χ3n) is 1.88. The van der Waals surface area contributed by atoms with Crippen LogP contribution in [0.1, 0.15) is 22.8 Å². The molecule has 4 nitrogen and oxygen atoms in total. The maximum absolute atomic E-state index is 10.5. The maximum Gasteiger partial charge on any atom is 0.335 e. The predicted octanol–water partition coefficient (Wildman–Crippen LogP) is 1.87. The van der Waals surface area contributed by atoms with E-state index in [0.29, 0.717) is 5.56 Å². The molecule has 0 spiro atoms. The summed E-state index contributed by atoms with van der Waals surface area (Å²) in [5, 5.41) is 17.3. The fourth-order valence-electron chi connectivity index (χ4n) is 1.03. The largest absolute Gasteiger partial charge is 0.478 e. The minimum Gasteiger partial charge on any atom is -0.478 e. The Hall–Kier alpha value is -2.10. The number of rotatable bonds is 3. The third kappa shape index (κ3) is 2.95. The van der Waals surface area contributed by atoms with E-state index in [0.717, 1.165) is 0 Å². The van der Waals surface area contributed by atoms with Gasteiger partial charge in [-0.05, 0) is 30.7 Å². The highest BCUT2D eigenvalue weighted by Gasteiger charge is 2.02. The van der Waals surface area contributed by atoms with Crippen molar-refractivity contribution in [3.8, 4) is 0 Å². The van der Waals surface area contributed by atoms with Crippen molar-refractivity contribution in [3.05, 3.63) is 41.0 Å². The van der Waals surface area contributed by atoms with Gasteiger partial charge < -0.3 is 10.2 Å². The Kier molecular flexibility index (Phi) is 3.23. The standard InChI is InChI=1S/C11H10O4/c1-7(10(12)13)6-8-2-4-9(5-3-8)11(14)15/h2-6H,1H3,(H,12,13)(H,14,15)/b7-6+. The van der Waals surface area contributed by atoms with Crippen molar-refractivity contribution in [1.29, 1.82) is 0 Å². The molecular weight excluding hydrogens is 196 g/mol. The average molecular weight is 206 g/mol. The van der Waals surface area contributed by atoms with E-state index in [9.17, 15) is 9.59 Å². The molecule has 2 N–H and O–H groups in total. The lowest BCUT2D eigenvalue weighted by atomic mass is 10.1. The van der Waals surface area contributed by atoms with Crippen molar-refractivity contribution >= 4 is 18.0 Å². The molecule has 1 rings (SSSR count). The number of carboxylic acid groups (broad SMARTS) is 2. The Morgan fingerprint density at radius 2 is 1.67 bits per heavy atom. The van der Waals surface area contributed by atoms with Crippen LogP contribution in [-0.2, 0) is 4.79 Å². The van der Waals surface area contributed by atoms with Crippen LogP contribution in [0.4, 0.5) is 0 Å². The van der Waals surface area contributed by atoms with Gasteiger partial charge in [-0.15, -0.1) is 0 Å². The van der Waals surface area contributed by atoms with E-state index >= 15 is 0 Å². The number of benzene rings is 1. The number of aliphatic carboxylic acids is 1. The van der Waals surface area contributed by atoms with Crippen LogP contribution in [0.5, 0.6) is 0 Å².